The molecule has 0 radical (unpaired) electrons. The number of fused-ring (bicyclic) bond motifs is 1. The molecule has 0 spiro atoms. The monoisotopic (exact) mass is 412 g/mol. The molecule has 5 atom stereocenters. The van der Waals surface area contributed by atoms with Crippen LogP contribution in [0.3, 0.4) is 0 Å². The van der Waals surface area contributed by atoms with Crippen LogP contribution in [0, 0.1) is 17.3 Å². The standard InChI is InChI=1S/C24H28O6/c1-27-18-10-8-17(9-11-18)14-30-21-19(15-29-13-16-6-4-3-5-7-16)20-12-24(20,22(21)25)23(26)28-2/h3-11,19-22,25H,12-15H2,1-2H3/t19-,20-,21+,22+,24+/m0/s1. The molecule has 1 N–H and O–H groups in total. The van der Waals surface area contributed by atoms with E-state index in [4.69, 9.17) is 18.9 Å². The number of hydrogen-bond donors (Lipinski definition) is 1. The maximum Gasteiger partial charge on any atom is 0.314 e. The lowest BCUT2D eigenvalue weighted by molar-refractivity contribution is -0.155. The second kappa shape index (κ2) is 8.76. The molecule has 30 heavy (non-hydrogen) atoms. The summed E-state index contributed by atoms with van der Waals surface area (Å²) in [5, 5.41) is 11.0. The van der Waals surface area contributed by atoms with Crippen molar-refractivity contribution in [1.82, 2.24) is 0 Å². The molecule has 0 aromatic heterocycles. The average molecular weight is 412 g/mol. The van der Waals surface area contributed by atoms with Crippen LogP contribution in [0.2, 0.25) is 0 Å². The van der Waals surface area contributed by atoms with Gasteiger partial charge in [0.15, 0.2) is 0 Å². The van der Waals surface area contributed by atoms with Gasteiger partial charge < -0.3 is 24.1 Å². The normalized spacial score (nSPS) is 29.3. The highest BCUT2D eigenvalue weighted by molar-refractivity contribution is 5.82. The Kier molecular flexibility index (Phi) is 6.09. The van der Waals surface area contributed by atoms with E-state index < -0.39 is 17.6 Å². The molecule has 0 bridgehead atoms. The number of ether oxygens (including phenoxy) is 4. The van der Waals surface area contributed by atoms with Crippen molar-refractivity contribution in [3.63, 3.8) is 0 Å². The Hall–Kier alpha value is -2.41. The van der Waals surface area contributed by atoms with Crippen LogP contribution in [0.25, 0.3) is 0 Å². The molecule has 0 amide bonds. The number of methoxy groups -OCH3 is 2. The van der Waals surface area contributed by atoms with E-state index in [2.05, 4.69) is 0 Å². The number of hydrogen-bond acceptors (Lipinski definition) is 6. The zero-order valence-corrected chi connectivity index (χ0v) is 17.3. The van der Waals surface area contributed by atoms with Crippen LogP contribution < -0.4 is 4.74 Å². The third-order valence-electron chi connectivity index (χ3n) is 6.43. The quantitative estimate of drug-likeness (QED) is 0.639. The number of carbonyl (C=O) groups is 1. The summed E-state index contributed by atoms with van der Waals surface area (Å²) in [6.45, 7) is 1.24. The van der Waals surface area contributed by atoms with E-state index >= 15 is 0 Å². The molecule has 2 aromatic rings. The highest BCUT2D eigenvalue weighted by atomic mass is 16.5. The lowest BCUT2D eigenvalue weighted by Crippen LogP contribution is -2.40. The summed E-state index contributed by atoms with van der Waals surface area (Å²) in [5.74, 6) is 0.360. The van der Waals surface area contributed by atoms with Gasteiger partial charge in [0.1, 0.15) is 5.75 Å². The van der Waals surface area contributed by atoms with Gasteiger partial charge in [-0.15, -0.1) is 0 Å². The van der Waals surface area contributed by atoms with Crippen molar-refractivity contribution < 1.29 is 28.8 Å². The van der Waals surface area contributed by atoms with Gasteiger partial charge in [-0.1, -0.05) is 42.5 Å². The summed E-state index contributed by atoms with van der Waals surface area (Å²) < 4.78 is 22.3. The van der Waals surface area contributed by atoms with Gasteiger partial charge in [0, 0.05) is 5.92 Å². The van der Waals surface area contributed by atoms with Gasteiger partial charge in [-0.25, -0.2) is 0 Å². The van der Waals surface area contributed by atoms with Crippen LogP contribution in [0.4, 0.5) is 0 Å². The maximum absolute atomic E-state index is 12.4. The van der Waals surface area contributed by atoms with E-state index in [0.717, 1.165) is 16.9 Å². The van der Waals surface area contributed by atoms with Gasteiger partial charge in [0.25, 0.3) is 0 Å². The topological polar surface area (TPSA) is 74.2 Å². The summed E-state index contributed by atoms with van der Waals surface area (Å²) in [6, 6.07) is 17.5. The van der Waals surface area contributed by atoms with Crippen molar-refractivity contribution in [2.75, 3.05) is 20.8 Å². The number of benzene rings is 2. The molecule has 6 nitrogen and oxygen atoms in total. The van der Waals surface area contributed by atoms with Crippen molar-refractivity contribution in [3.8, 4) is 5.75 Å². The fraction of sp³-hybridized carbons (Fsp3) is 0.458. The minimum atomic E-state index is -0.904. The van der Waals surface area contributed by atoms with Gasteiger partial charge in [-0.2, -0.15) is 0 Å². The summed E-state index contributed by atoms with van der Waals surface area (Å²) in [7, 11) is 2.99. The molecule has 160 valence electrons. The molecule has 0 unspecified atom stereocenters. The van der Waals surface area contributed by atoms with Crippen LogP contribution in [-0.2, 0) is 32.2 Å². The van der Waals surface area contributed by atoms with Crippen molar-refractivity contribution in [1.29, 1.82) is 0 Å². The Morgan fingerprint density at radius 2 is 1.73 bits per heavy atom. The summed E-state index contributed by atoms with van der Waals surface area (Å²) >= 11 is 0. The van der Waals surface area contributed by atoms with E-state index in [1.807, 2.05) is 54.6 Å². The van der Waals surface area contributed by atoms with Crippen LogP contribution in [0.15, 0.2) is 54.6 Å². The molecular weight excluding hydrogens is 384 g/mol. The predicted molar refractivity (Wildman–Crippen MR) is 110 cm³/mol. The Morgan fingerprint density at radius 3 is 2.40 bits per heavy atom. The molecule has 4 rings (SSSR count). The second-order valence-electron chi connectivity index (χ2n) is 8.08. The molecule has 0 aliphatic heterocycles. The van der Waals surface area contributed by atoms with E-state index in [-0.39, 0.29) is 17.8 Å². The Bertz CT molecular complexity index is 852. The fourth-order valence-corrected chi connectivity index (χ4v) is 4.71. The van der Waals surface area contributed by atoms with Crippen molar-refractivity contribution in [2.45, 2.75) is 31.8 Å². The SMILES string of the molecule is COC(=O)[C@]12C[C@H]1[C@H](COCc1ccccc1)[C@@H](OCc1ccc(OC)cc1)[C@H]2O. The summed E-state index contributed by atoms with van der Waals surface area (Å²) in [4.78, 5) is 12.4. The zero-order chi connectivity index (χ0) is 21.1. The van der Waals surface area contributed by atoms with Gasteiger partial charge in [0.05, 0.1) is 51.7 Å². The first-order valence-corrected chi connectivity index (χ1v) is 10.2. The van der Waals surface area contributed by atoms with E-state index in [1.165, 1.54) is 7.11 Å². The lowest BCUT2D eigenvalue weighted by atomic mass is 9.97. The number of aliphatic hydroxyl groups is 1. The second-order valence-corrected chi connectivity index (χ2v) is 8.08. The van der Waals surface area contributed by atoms with E-state index in [1.54, 1.807) is 7.11 Å². The van der Waals surface area contributed by atoms with Crippen LogP contribution in [0.5, 0.6) is 5.75 Å². The highest BCUT2D eigenvalue weighted by Gasteiger charge is 2.76. The molecule has 2 fully saturated rings. The Balaban J connectivity index is 1.43. The lowest BCUT2D eigenvalue weighted by Gasteiger charge is -2.27. The number of aliphatic hydroxyl groups excluding tert-OH is 1. The van der Waals surface area contributed by atoms with Crippen LogP contribution >= 0.6 is 0 Å². The maximum atomic E-state index is 12.4. The minimum absolute atomic E-state index is 0.0107. The summed E-state index contributed by atoms with van der Waals surface area (Å²) in [6.07, 6.45) is -0.776. The van der Waals surface area contributed by atoms with Crippen LogP contribution in [-0.4, -0.2) is 44.1 Å². The largest absolute Gasteiger partial charge is 0.497 e. The minimum Gasteiger partial charge on any atom is -0.497 e. The van der Waals surface area contributed by atoms with Crippen molar-refractivity contribution >= 4 is 5.97 Å². The molecular formula is C24H28O6. The Labute approximate surface area is 176 Å². The number of rotatable bonds is 9. The van der Waals surface area contributed by atoms with Gasteiger partial charge in [0.2, 0.25) is 0 Å². The summed E-state index contributed by atoms with van der Waals surface area (Å²) in [5.41, 5.74) is 1.20. The van der Waals surface area contributed by atoms with Gasteiger partial charge in [-0.3, -0.25) is 4.79 Å². The smallest absolute Gasteiger partial charge is 0.314 e. The number of esters is 1. The molecule has 2 aliphatic carbocycles. The average Bonchev–Trinajstić information content (AvgIpc) is 3.50. The third kappa shape index (κ3) is 3.83. The van der Waals surface area contributed by atoms with Crippen LogP contribution in [0.1, 0.15) is 17.5 Å². The van der Waals surface area contributed by atoms with Gasteiger partial charge in [-0.05, 0) is 35.6 Å². The molecule has 6 heteroatoms. The highest BCUT2D eigenvalue weighted by Crippen LogP contribution is 2.67. The molecule has 2 saturated carbocycles. The van der Waals surface area contributed by atoms with Crippen molar-refractivity contribution in [3.05, 3.63) is 65.7 Å². The molecule has 2 aromatic carbocycles. The molecule has 0 saturated heterocycles. The fourth-order valence-electron chi connectivity index (χ4n) is 4.71. The third-order valence-corrected chi connectivity index (χ3v) is 6.43. The van der Waals surface area contributed by atoms with E-state index in [9.17, 15) is 9.90 Å². The molecule has 2 aliphatic rings. The Morgan fingerprint density at radius 1 is 1.03 bits per heavy atom. The van der Waals surface area contributed by atoms with Crippen molar-refractivity contribution in [2.24, 2.45) is 17.3 Å². The first-order chi connectivity index (χ1) is 14.6. The van der Waals surface area contributed by atoms with E-state index in [0.29, 0.717) is 26.2 Å². The predicted octanol–water partition coefficient (Wildman–Crippen LogP) is 2.97. The van der Waals surface area contributed by atoms with Gasteiger partial charge >= 0.3 is 5.97 Å². The zero-order valence-electron chi connectivity index (χ0n) is 17.3. The number of carbonyl (C=O) groups excluding carboxylic acids is 1. The first-order valence-electron chi connectivity index (χ1n) is 10.2. The first kappa shape index (κ1) is 20.8. The molecule has 0 heterocycles.